The van der Waals surface area contributed by atoms with Gasteiger partial charge >= 0.3 is 6.01 Å². The van der Waals surface area contributed by atoms with Gasteiger partial charge in [-0.15, -0.1) is 6.42 Å². The molecule has 2 aromatic heterocycles. The van der Waals surface area contributed by atoms with Crippen molar-refractivity contribution in [2.75, 3.05) is 37.7 Å². The Balaban J connectivity index is 1.35. The normalized spacial score (nSPS) is 26.9. The zero-order valence-electron chi connectivity index (χ0n) is 26.2. The van der Waals surface area contributed by atoms with Crippen LogP contribution in [0.1, 0.15) is 45.1 Å². The van der Waals surface area contributed by atoms with Gasteiger partial charge in [0, 0.05) is 43.0 Å². The fourth-order valence-corrected chi connectivity index (χ4v) is 8.07. The van der Waals surface area contributed by atoms with E-state index in [4.69, 9.17) is 20.9 Å². The van der Waals surface area contributed by atoms with Gasteiger partial charge in [0.05, 0.1) is 17.1 Å². The van der Waals surface area contributed by atoms with E-state index in [1.54, 1.807) is 0 Å². The number of piperazine rings is 1. The molecule has 4 aliphatic heterocycles. The number of anilines is 1. The third kappa shape index (κ3) is 4.73. The Hall–Kier alpha value is -4.34. The average molecular weight is 645 g/mol. The highest BCUT2D eigenvalue weighted by Gasteiger charge is 2.49. The largest absolute Gasteiger partial charge is 0.508 e. The minimum atomic E-state index is -0.934. The summed E-state index contributed by atoms with van der Waals surface area (Å²) in [6, 6.07) is 5.39. The van der Waals surface area contributed by atoms with Crippen molar-refractivity contribution in [2.45, 2.75) is 69.4 Å². The lowest BCUT2D eigenvalue weighted by atomic mass is 9.95. The predicted molar refractivity (Wildman–Crippen MR) is 172 cm³/mol. The van der Waals surface area contributed by atoms with Crippen molar-refractivity contribution in [3.8, 4) is 41.2 Å². The highest BCUT2D eigenvalue weighted by Crippen LogP contribution is 2.45. The van der Waals surface area contributed by atoms with Crippen molar-refractivity contribution in [3.05, 3.63) is 41.5 Å². The lowest BCUT2D eigenvalue weighted by Gasteiger charge is -2.42. The van der Waals surface area contributed by atoms with E-state index in [2.05, 4.69) is 37.9 Å². The number of pyridine rings is 1. The Labute approximate surface area is 270 Å². The summed E-state index contributed by atoms with van der Waals surface area (Å²) in [5.74, 6) is 1.28. The molecule has 9 nitrogen and oxygen atoms in total. The van der Waals surface area contributed by atoms with Crippen LogP contribution in [0.2, 0.25) is 0 Å². The van der Waals surface area contributed by atoms with E-state index in [9.17, 15) is 13.9 Å². The van der Waals surface area contributed by atoms with Gasteiger partial charge in [-0.2, -0.15) is 9.97 Å². The number of aromatic nitrogens is 3. The smallest absolute Gasteiger partial charge is 0.319 e. The first-order chi connectivity index (χ1) is 22.7. The molecule has 2 N–H and O–H groups in total. The summed E-state index contributed by atoms with van der Waals surface area (Å²) in [7, 11) is 0. The van der Waals surface area contributed by atoms with Crippen molar-refractivity contribution in [1.29, 1.82) is 0 Å². The molecule has 0 aliphatic carbocycles. The predicted octanol–water partition coefficient (Wildman–Crippen LogP) is 5.10. The number of phenolic OH excluding ortho intramolecular Hbond substituents is 1. The molecule has 2 aromatic carbocycles. The first-order valence-electron chi connectivity index (χ1n) is 16.2. The number of ether oxygens (including phenoxy) is 2. The maximum Gasteiger partial charge on any atom is 0.319 e. The molecule has 3 fully saturated rings. The molecular formula is C35H35F3N6O3. The molecule has 0 radical (unpaired) electrons. The Morgan fingerprint density at radius 3 is 2.85 bits per heavy atom. The molecular weight excluding hydrogens is 609 g/mol. The van der Waals surface area contributed by atoms with Crippen molar-refractivity contribution in [1.82, 2.24) is 25.2 Å². The van der Waals surface area contributed by atoms with Crippen molar-refractivity contribution < 1.29 is 27.8 Å². The number of benzene rings is 2. The van der Waals surface area contributed by atoms with Gasteiger partial charge in [0.2, 0.25) is 5.88 Å². The summed E-state index contributed by atoms with van der Waals surface area (Å²) in [4.78, 5) is 18.4. The number of alkyl halides is 1. The molecule has 0 saturated carbocycles. The maximum absolute atomic E-state index is 17.1. The molecule has 244 valence electrons. The second kappa shape index (κ2) is 11.1. The Morgan fingerprint density at radius 2 is 2.04 bits per heavy atom. The third-order valence-corrected chi connectivity index (χ3v) is 10.4. The summed E-state index contributed by atoms with van der Waals surface area (Å²) in [6.07, 6.45) is 7.38. The molecule has 12 heteroatoms. The third-order valence-electron chi connectivity index (χ3n) is 10.4. The number of hydrogen-bond acceptors (Lipinski definition) is 9. The lowest BCUT2D eigenvalue weighted by Crippen LogP contribution is -2.60. The average Bonchev–Trinajstić information content (AvgIpc) is 3.56. The quantitative estimate of drug-likeness (QED) is 0.288. The highest BCUT2D eigenvalue weighted by atomic mass is 19.1. The molecule has 0 spiro atoms. The highest BCUT2D eigenvalue weighted by molar-refractivity contribution is 6.04. The number of nitrogens with zero attached hydrogens (tertiary/aromatic N) is 5. The van der Waals surface area contributed by atoms with Crippen LogP contribution in [0.15, 0.2) is 24.3 Å². The SMILES string of the molecule is C#Cc1c(F)ccc2cc(O)cc(-c3nc4c5c(nc(OC[C@@]67CCCN6C[C@H](F)C7)nc5c3F)N3C[C@@H](CC)NCC3C(C)O4)c12. The first-order valence-corrected chi connectivity index (χ1v) is 16.2. The number of rotatable bonds is 5. The van der Waals surface area contributed by atoms with Crippen LogP contribution in [0.5, 0.6) is 17.6 Å². The van der Waals surface area contributed by atoms with Gasteiger partial charge in [0.25, 0.3) is 0 Å². The summed E-state index contributed by atoms with van der Waals surface area (Å²) >= 11 is 0. The Morgan fingerprint density at radius 1 is 1.19 bits per heavy atom. The minimum absolute atomic E-state index is 0.0333. The Bertz CT molecular complexity index is 1970. The van der Waals surface area contributed by atoms with E-state index in [1.165, 1.54) is 24.3 Å². The van der Waals surface area contributed by atoms with Crippen LogP contribution in [0.25, 0.3) is 32.9 Å². The van der Waals surface area contributed by atoms with Crippen LogP contribution in [0, 0.1) is 24.0 Å². The van der Waals surface area contributed by atoms with Crippen LogP contribution in [-0.2, 0) is 0 Å². The molecule has 3 saturated heterocycles. The number of nitrogens with one attached hydrogen (secondary N) is 1. The summed E-state index contributed by atoms with van der Waals surface area (Å²) < 4.78 is 59.3. The number of phenols is 1. The first kappa shape index (κ1) is 30.0. The summed E-state index contributed by atoms with van der Waals surface area (Å²) in [6.45, 7) is 6.55. The number of halogens is 3. The van der Waals surface area contributed by atoms with E-state index in [0.717, 1.165) is 25.8 Å². The van der Waals surface area contributed by atoms with Crippen LogP contribution in [0.3, 0.4) is 0 Å². The molecule has 47 heavy (non-hydrogen) atoms. The number of fused-ring (bicyclic) bond motifs is 4. The second-order valence-electron chi connectivity index (χ2n) is 13.2. The molecule has 6 heterocycles. The zero-order valence-corrected chi connectivity index (χ0v) is 26.2. The van der Waals surface area contributed by atoms with Crippen LogP contribution in [0.4, 0.5) is 19.0 Å². The molecule has 4 aliphatic rings. The standard InChI is InChI=1S/C35H35F3N6O3/c1-4-21-16-44-26(14-39-21)18(3)47-33-28-31(41-34(42-32(28)44)46-17-35-9-6-10-43(35)15-20(36)13-35)29(38)30(40-33)24-12-22(45)11-19-7-8-25(37)23(5-2)27(19)24/h2,7-8,11-12,18,20-21,26,39,45H,4,6,9-10,13-17H2,1,3H3/t18?,20-,21-,26?,35+/m1/s1. The molecule has 4 aromatic rings. The van der Waals surface area contributed by atoms with E-state index in [1.807, 2.05) is 6.92 Å². The summed E-state index contributed by atoms with van der Waals surface area (Å²) in [5, 5.41) is 15.2. The van der Waals surface area contributed by atoms with Crippen LogP contribution >= 0.6 is 0 Å². The lowest BCUT2D eigenvalue weighted by molar-refractivity contribution is 0.107. The van der Waals surface area contributed by atoms with Gasteiger partial charge in [0.1, 0.15) is 52.9 Å². The van der Waals surface area contributed by atoms with Crippen molar-refractivity contribution >= 4 is 27.5 Å². The van der Waals surface area contributed by atoms with Crippen LogP contribution in [-0.4, -0.2) is 87.6 Å². The molecule has 0 bridgehead atoms. The summed E-state index contributed by atoms with van der Waals surface area (Å²) in [5.41, 5.74) is -0.743. The van der Waals surface area contributed by atoms with Crippen molar-refractivity contribution in [3.63, 3.8) is 0 Å². The minimum Gasteiger partial charge on any atom is -0.508 e. The Kier molecular flexibility index (Phi) is 7.11. The van der Waals surface area contributed by atoms with E-state index in [-0.39, 0.29) is 64.1 Å². The van der Waals surface area contributed by atoms with Gasteiger partial charge in [0.15, 0.2) is 5.82 Å². The van der Waals surface area contributed by atoms with Gasteiger partial charge in [-0.05, 0) is 56.3 Å². The van der Waals surface area contributed by atoms with E-state index < -0.39 is 29.4 Å². The van der Waals surface area contributed by atoms with Gasteiger partial charge in [-0.3, -0.25) is 4.90 Å². The van der Waals surface area contributed by atoms with Crippen molar-refractivity contribution in [2.24, 2.45) is 0 Å². The monoisotopic (exact) mass is 644 g/mol. The molecule has 0 amide bonds. The fourth-order valence-electron chi connectivity index (χ4n) is 8.07. The number of hydrogen-bond donors (Lipinski definition) is 2. The van der Waals surface area contributed by atoms with Gasteiger partial charge in [-0.25, -0.2) is 18.2 Å². The van der Waals surface area contributed by atoms with E-state index in [0.29, 0.717) is 42.6 Å². The zero-order chi connectivity index (χ0) is 32.6. The fraction of sp³-hybridized carbons (Fsp3) is 0.457. The molecule has 2 unspecified atom stereocenters. The van der Waals surface area contributed by atoms with E-state index >= 15 is 4.39 Å². The topological polar surface area (TPSA) is 95.9 Å². The molecule has 5 atom stereocenters. The van der Waals surface area contributed by atoms with Gasteiger partial charge < -0.3 is 24.8 Å². The van der Waals surface area contributed by atoms with Gasteiger partial charge in [-0.1, -0.05) is 18.9 Å². The number of terminal acetylenes is 1. The molecule has 8 rings (SSSR count). The number of aromatic hydroxyl groups is 1. The maximum atomic E-state index is 17.1. The second-order valence-corrected chi connectivity index (χ2v) is 13.2. The van der Waals surface area contributed by atoms with Crippen LogP contribution < -0.4 is 19.7 Å².